The van der Waals surface area contributed by atoms with Crippen LogP contribution in [0.2, 0.25) is 0 Å². The number of nitrogens with zero attached hydrogens (tertiary/aromatic N) is 4. The zero-order chi connectivity index (χ0) is 25.8. The predicted octanol–water partition coefficient (Wildman–Crippen LogP) is 3.60. The number of imidazole rings is 1. The molecular formula is C31H34N6. The van der Waals surface area contributed by atoms with Gasteiger partial charge in [-0.2, -0.15) is 0 Å². The summed E-state index contributed by atoms with van der Waals surface area (Å²) in [4.78, 5) is 11.8. The zero-order valence-electron chi connectivity index (χ0n) is 21.6. The SMILES string of the molecule is C=c1/c(=C\C=C(/C)c2ccccc2)nc(-c2cccnc2N)n1-c1ccc(CN2CCNC(C)C2)cc1. The number of rotatable bonds is 6. The molecule has 1 unspecified atom stereocenters. The third-order valence-corrected chi connectivity index (χ3v) is 6.86. The molecule has 1 aliphatic heterocycles. The van der Waals surface area contributed by atoms with Crippen molar-refractivity contribution in [3.63, 3.8) is 0 Å². The van der Waals surface area contributed by atoms with Crippen LogP contribution in [0.25, 0.3) is 35.3 Å². The largest absolute Gasteiger partial charge is 0.383 e. The minimum Gasteiger partial charge on any atom is -0.383 e. The number of nitrogens with two attached hydrogens (primary N) is 1. The molecule has 0 saturated carbocycles. The van der Waals surface area contributed by atoms with Gasteiger partial charge in [-0.1, -0.05) is 55.1 Å². The molecule has 0 radical (unpaired) electrons. The molecule has 3 N–H and O–H groups in total. The number of hydrogen-bond acceptors (Lipinski definition) is 5. The molecule has 2 aromatic carbocycles. The van der Waals surface area contributed by atoms with Crippen molar-refractivity contribution in [2.75, 3.05) is 25.4 Å². The number of allylic oxidation sites excluding steroid dienone is 2. The van der Waals surface area contributed by atoms with E-state index in [2.05, 4.69) is 82.7 Å². The van der Waals surface area contributed by atoms with Crippen LogP contribution in [-0.2, 0) is 6.54 Å². The maximum Gasteiger partial charge on any atom is 0.149 e. The summed E-state index contributed by atoms with van der Waals surface area (Å²) in [6.07, 6.45) is 5.81. The van der Waals surface area contributed by atoms with Crippen molar-refractivity contribution in [3.8, 4) is 17.1 Å². The number of piperazine rings is 1. The van der Waals surface area contributed by atoms with Gasteiger partial charge in [0.25, 0.3) is 0 Å². The molecule has 0 bridgehead atoms. The first kappa shape index (κ1) is 24.7. The van der Waals surface area contributed by atoms with Gasteiger partial charge < -0.3 is 11.1 Å². The summed E-state index contributed by atoms with van der Waals surface area (Å²) >= 11 is 0. The van der Waals surface area contributed by atoms with Crippen LogP contribution in [0.15, 0.2) is 79.0 Å². The molecule has 5 rings (SSSR count). The highest BCUT2D eigenvalue weighted by molar-refractivity contribution is 5.72. The second-order valence-corrected chi connectivity index (χ2v) is 9.68. The van der Waals surface area contributed by atoms with Gasteiger partial charge in [-0.05, 0) is 60.9 Å². The Kier molecular flexibility index (Phi) is 7.30. The molecule has 1 saturated heterocycles. The van der Waals surface area contributed by atoms with Gasteiger partial charge in [0, 0.05) is 44.1 Å². The molecule has 37 heavy (non-hydrogen) atoms. The molecule has 1 aliphatic rings. The van der Waals surface area contributed by atoms with E-state index in [1.807, 2.05) is 36.4 Å². The summed E-state index contributed by atoms with van der Waals surface area (Å²) in [6, 6.07) is 23.4. The average molecular weight is 491 g/mol. The highest BCUT2D eigenvalue weighted by Gasteiger charge is 2.17. The summed E-state index contributed by atoms with van der Waals surface area (Å²) < 4.78 is 2.07. The van der Waals surface area contributed by atoms with E-state index < -0.39 is 0 Å². The summed E-state index contributed by atoms with van der Waals surface area (Å²) in [6.45, 7) is 12.9. The summed E-state index contributed by atoms with van der Waals surface area (Å²) in [5, 5.41) is 5.11. The molecule has 1 atom stereocenters. The molecule has 3 heterocycles. The fourth-order valence-corrected chi connectivity index (χ4v) is 4.84. The first-order chi connectivity index (χ1) is 18.0. The molecule has 2 aromatic heterocycles. The number of nitrogens with one attached hydrogen (secondary N) is 1. The van der Waals surface area contributed by atoms with Crippen molar-refractivity contribution in [1.82, 2.24) is 24.8 Å². The number of anilines is 1. The van der Waals surface area contributed by atoms with Crippen LogP contribution >= 0.6 is 0 Å². The second kappa shape index (κ2) is 10.9. The van der Waals surface area contributed by atoms with Gasteiger partial charge in [0.1, 0.15) is 11.6 Å². The Balaban J connectivity index is 1.53. The van der Waals surface area contributed by atoms with Crippen molar-refractivity contribution >= 4 is 24.0 Å². The van der Waals surface area contributed by atoms with Crippen LogP contribution in [0, 0.1) is 0 Å². The van der Waals surface area contributed by atoms with Crippen molar-refractivity contribution in [3.05, 3.63) is 101 Å². The van der Waals surface area contributed by atoms with Crippen LogP contribution in [0.4, 0.5) is 5.82 Å². The van der Waals surface area contributed by atoms with E-state index in [0.717, 1.165) is 59.5 Å². The molecule has 0 spiro atoms. The maximum atomic E-state index is 6.28. The van der Waals surface area contributed by atoms with E-state index in [0.29, 0.717) is 11.9 Å². The topological polar surface area (TPSA) is 72.0 Å². The third-order valence-electron chi connectivity index (χ3n) is 6.86. The lowest BCUT2D eigenvalue weighted by Gasteiger charge is -2.31. The van der Waals surface area contributed by atoms with E-state index in [1.54, 1.807) is 6.20 Å². The second-order valence-electron chi connectivity index (χ2n) is 9.68. The van der Waals surface area contributed by atoms with Crippen molar-refractivity contribution in [2.45, 2.75) is 26.4 Å². The zero-order valence-corrected chi connectivity index (χ0v) is 21.6. The van der Waals surface area contributed by atoms with Crippen molar-refractivity contribution < 1.29 is 0 Å². The fourth-order valence-electron chi connectivity index (χ4n) is 4.84. The molecule has 6 heteroatoms. The summed E-state index contributed by atoms with van der Waals surface area (Å²) in [7, 11) is 0. The Bertz CT molecular complexity index is 1500. The van der Waals surface area contributed by atoms with Gasteiger partial charge in [-0.25, -0.2) is 9.97 Å². The van der Waals surface area contributed by atoms with Gasteiger partial charge in [0.2, 0.25) is 0 Å². The van der Waals surface area contributed by atoms with Crippen LogP contribution < -0.4 is 21.7 Å². The molecule has 0 aliphatic carbocycles. The highest BCUT2D eigenvalue weighted by atomic mass is 15.2. The Morgan fingerprint density at radius 1 is 1.11 bits per heavy atom. The minimum atomic E-state index is 0.445. The smallest absolute Gasteiger partial charge is 0.149 e. The van der Waals surface area contributed by atoms with E-state index in [9.17, 15) is 0 Å². The number of pyridine rings is 1. The van der Waals surface area contributed by atoms with E-state index in [4.69, 9.17) is 10.7 Å². The molecule has 188 valence electrons. The lowest BCUT2D eigenvalue weighted by Crippen LogP contribution is -2.48. The van der Waals surface area contributed by atoms with Gasteiger partial charge in [-0.15, -0.1) is 0 Å². The van der Waals surface area contributed by atoms with Crippen LogP contribution in [-0.4, -0.2) is 45.1 Å². The van der Waals surface area contributed by atoms with Crippen molar-refractivity contribution in [2.24, 2.45) is 0 Å². The van der Waals surface area contributed by atoms with Gasteiger partial charge >= 0.3 is 0 Å². The quantitative estimate of drug-likeness (QED) is 0.432. The van der Waals surface area contributed by atoms with Crippen LogP contribution in [0.3, 0.4) is 0 Å². The highest BCUT2D eigenvalue weighted by Crippen LogP contribution is 2.23. The number of aromatic nitrogens is 3. The van der Waals surface area contributed by atoms with Crippen molar-refractivity contribution in [1.29, 1.82) is 0 Å². The van der Waals surface area contributed by atoms with Crippen LogP contribution in [0.5, 0.6) is 0 Å². The lowest BCUT2D eigenvalue weighted by atomic mass is 10.1. The molecule has 1 fully saturated rings. The number of nitrogen functional groups attached to an aromatic ring is 1. The Hall–Kier alpha value is -4.00. The summed E-state index contributed by atoms with van der Waals surface area (Å²) in [5.74, 6) is 1.18. The normalized spacial score (nSPS) is 17.3. The molecular weight excluding hydrogens is 456 g/mol. The molecule has 0 amide bonds. The number of benzene rings is 2. The van der Waals surface area contributed by atoms with Gasteiger partial charge in [-0.3, -0.25) is 9.47 Å². The Morgan fingerprint density at radius 3 is 2.62 bits per heavy atom. The fraction of sp³-hybridized carbons (Fsp3) is 0.226. The Labute approximate surface area is 218 Å². The van der Waals surface area contributed by atoms with E-state index in [1.165, 1.54) is 11.1 Å². The lowest BCUT2D eigenvalue weighted by molar-refractivity contribution is 0.199. The third kappa shape index (κ3) is 5.56. The average Bonchev–Trinajstić information content (AvgIpc) is 3.24. The predicted molar refractivity (Wildman–Crippen MR) is 153 cm³/mol. The van der Waals surface area contributed by atoms with E-state index in [-0.39, 0.29) is 0 Å². The van der Waals surface area contributed by atoms with Crippen LogP contribution in [0.1, 0.15) is 25.0 Å². The summed E-state index contributed by atoms with van der Waals surface area (Å²) in [5.41, 5.74) is 11.7. The molecule has 6 nitrogen and oxygen atoms in total. The van der Waals surface area contributed by atoms with Gasteiger partial charge in [0.15, 0.2) is 0 Å². The monoisotopic (exact) mass is 490 g/mol. The molecule has 4 aromatic rings. The standard InChI is InChI=1S/C31H34N6/c1-22(26-8-5-4-6-9-26)11-16-29-24(3)37(31(35-29)28-10-7-17-34-30(28)32)27-14-12-25(13-15-27)21-36-19-18-33-23(2)20-36/h4-17,23,33H,3,18-21H2,1-2H3,(H2,32,34)/b22-11+,29-16+. The minimum absolute atomic E-state index is 0.445. The maximum absolute atomic E-state index is 6.28. The number of hydrogen-bond donors (Lipinski definition) is 2. The Morgan fingerprint density at radius 2 is 1.89 bits per heavy atom. The first-order valence-electron chi connectivity index (χ1n) is 12.8. The first-order valence-corrected chi connectivity index (χ1v) is 12.8. The van der Waals surface area contributed by atoms with Gasteiger partial charge in [0.05, 0.1) is 16.3 Å². The van der Waals surface area contributed by atoms with E-state index >= 15 is 0 Å².